The fraction of sp³-hybridized carbons (Fsp3) is 0.158. The van der Waals surface area contributed by atoms with Gasteiger partial charge in [-0.1, -0.05) is 18.2 Å². The molecule has 0 saturated carbocycles. The topological polar surface area (TPSA) is 80.4 Å². The number of rotatable bonds is 5. The maximum absolute atomic E-state index is 12.6. The van der Waals surface area contributed by atoms with Crippen molar-refractivity contribution in [3.63, 3.8) is 0 Å². The molecule has 0 saturated heterocycles. The third-order valence-electron chi connectivity index (χ3n) is 3.88. The van der Waals surface area contributed by atoms with E-state index in [2.05, 4.69) is 4.98 Å². The van der Waals surface area contributed by atoms with Gasteiger partial charge in [0.2, 0.25) is 5.89 Å². The van der Waals surface area contributed by atoms with Gasteiger partial charge in [0, 0.05) is 10.5 Å². The molecule has 1 atom stereocenters. The Morgan fingerprint density at radius 2 is 1.80 bits per heavy atom. The predicted octanol–water partition coefficient (Wildman–Crippen LogP) is 3.96. The van der Waals surface area contributed by atoms with E-state index in [9.17, 15) is 9.00 Å². The smallest absolute Gasteiger partial charge is 0.335 e. The number of carbonyl (C=O) groups is 1. The number of nitrogens with zero attached hydrogens (tertiary/aromatic N) is 1. The van der Waals surface area contributed by atoms with Gasteiger partial charge in [0.15, 0.2) is 0 Å². The van der Waals surface area contributed by atoms with Crippen LogP contribution in [0.4, 0.5) is 0 Å². The van der Waals surface area contributed by atoms with Crippen LogP contribution in [0.25, 0.3) is 11.5 Å². The van der Waals surface area contributed by atoms with Crippen LogP contribution < -0.4 is 0 Å². The van der Waals surface area contributed by atoms with E-state index in [-0.39, 0.29) is 11.3 Å². The summed E-state index contributed by atoms with van der Waals surface area (Å²) in [7, 11) is -1.21. The maximum atomic E-state index is 12.6. The first kappa shape index (κ1) is 17.1. The van der Waals surface area contributed by atoms with Crippen LogP contribution in [0.1, 0.15) is 27.4 Å². The number of benzene rings is 2. The maximum Gasteiger partial charge on any atom is 0.335 e. The summed E-state index contributed by atoms with van der Waals surface area (Å²) in [5.74, 6) is 0.294. The standard InChI is InChI=1S/C19H17NO4S/c1-12-5-3-4-6-17(12)25(23)11-16-13(2)24-18(20-16)14-7-9-15(10-8-14)19(21)22/h3-10H,11H2,1-2H3,(H,21,22). The zero-order chi connectivity index (χ0) is 18.0. The highest BCUT2D eigenvalue weighted by Crippen LogP contribution is 2.24. The van der Waals surface area contributed by atoms with Gasteiger partial charge in [0.25, 0.3) is 0 Å². The number of oxazole rings is 1. The molecule has 0 radical (unpaired) electrons. The van der Waals surface area contributed by atoms with Gasteiger partial charge in [0.05, 0.1) is 27.8 Å². The zero-order valence-electron chi connectivity index (χ0n) is 13.9. The van der Waals surface area contributed by atoms with E-state index in [0.717, 1.165) is 10.5 Å². The van der Waals surface area contributed by atoms with Crippen LogP contribution in [-0.4, -0.2) is 20.3 Å². The molecule has 3 rings (SSSR count). The first-order valence-electron chi connectivity index (χ1n) is 7.69. The fourth-order valence-corrected chi connectivity index (χ4v) is 3.78. The first-order chi connectivity index (χ1) is 12.0. The van der Waals surface area contributed by atoms with Crippen molar-refractivity contribution in [3.8, 4) is 11.5 Å². The average molecular weight is 355 g/mol. The zero-order valence-corrected chi connectivity index (χ0v) is 14.7. The summed E-state index contributed by atoms with van der Waals surface area (Å²) in [5.41, 5.74) is 2.50. The Kier molecular flexibility index (Phi) is 4.81. The van der Waals surface area contributed by atoms with E-state index in [1.54, 1.807) is 19.1 Å². The second-order valence-electron chi connectivity index (χ2n) is 5.66. The van der Waals surface area contributed by atoms with Gasteiger partial charge in [-0.05, 0) is 49.7 Å². The first-order valence-corrected chi connectivity index (χ1v) is 9.01. The minimum atomic E-state index is -1.21. The van der Waals surface area contributed by atoms with Crippen LogP contribution in [-0.2, 0) is 16.6 Å². The summed E-state index contributed by atoms with van der Waals surface area (Å²) < 4.78 is 18.3. The van der Waals surface area contributed by atoms with E-state index >= 15 is 0 Å². The molecule has 5 nitrogen and oxygen atoms in total. The molecule has 0 aliphatic carbocycles. The summed E-state index contributed by atoms with van der Waals surface area (Å²) in [6.45, 7) is 3.71. The summed E-state index contributed by atoms with van der Waals surface area (Å²) in [6.07, 6.45) is 0. The molecule has 0 aliphatic rings. The Morgan fingerprint density at radius 1 is 1.12 bits per heavy atom. The predicted molar refractivity (Wildman–Crippen MR) is 94.9 cm³/mol. The third kappa shape index (κ3) is 3.69. The van der Waals surface area contributed by atoms with Crippen molar-refractivity contribution in [3.05, 3.63) is 71.1 Å². The van der Waals surface area contributed by atoms with Crippen molar-refractivity contribution >= 4 is 16.8 Å². The molecule has 25 heavy (non-hydrogen) atoms. The second kappa shape index (κ2) is 7.03. The van der Waals surface area contributed by atoms with Gasteiger partial charge in [-0.2, -0.15) is 0 Å². The molecule has 1 heterocycles. The molecule has 0 bridgehead atoms. The van der Waals surface area contributed by atoms with Crippen LogP contribution in [0.15, 0.2) is 57.8 Å². The van der Waals surface area contributed by atoms with E-state index in [1.165, 1.54) is 12.1 Å². The van der Waals surface area contributed by atoms with Gasteiger partial charge in [-0.15, -0.1) is 0 Å². The molecule has 0 aliphatic heterocycles. The van der Waals surface area contributed by atoms with Crippen molar-refractivity contribution in [2.75, 3.05) is 0 Å². The van der Waals surface area contributed by atoms with E-state index in [0.29, 0.717) is 22.9 Å². The lowest BCUT2D eigenvalue weighted by atomic mass is 10.1. The van der Waals surface area contributed by atoms with Crippen LogP contribution in [0.5, 0.6) is 0 Å². The van der Waals surface area contributed by atoms with Gasteiger partial charge in [-0.3, -0.25) is 4.21 Å². The van der Waals surface area contributed by atoms with Gasteiger partial charge in [0.1, 0.15) is 5.76 Å². The highest BCUT2D eigenvalue weighted by Gasteiger charge is 2.16. The number of carboxylic acid groups (broad SMARTS) is 1. The number of aromatic nitrogens is 1. The van der Waals surface area contributed by atoms with Crippen molar-refractivity contribution in [2.24, 2.45) is 0 Å². The highest BCUT2D eigenvalue weighted by molar-refractivity contribution is 7.84. The molecule has 128 valence electrons. The molecule has 1 N–H and O–H groups in total. The SMILES string of the molecule is Cc1ccccc1S(=O)Cc1nc(-c2ccc(C(=O)O)cc2)oc1C. The monoisotopic (exact) mass is 355 g/mol. The lowest BCUT2D eigenvalue weighted by Gasteiger charge is -2.04. The fourth-order valence-electron chi connectivity index (χ4n) is 2.45. The molecule has 0 spiro atoms. The second-order valence-corrected chi connectivity index (χ2v) is 7.08. The van der Waals surface area contributed by atoms with Crippen LogP contribution in [0, 0.1) is 13.8 Å². The minimum absolute atomic E-state index is 0.202. The molecule has 3 aromatic rings. The molecule has 0 amide bonds. The Morgan fingerprint density at radius 3 is 2.44 bits per heavy atom. The molecular formula is C19H17NO4S. The summed E-state index contributed by atoms with van der Waals surface area (Å²) in [4.78, 5) is 16.1. The Bertz CT molecular complexity index is 944. The number of aromatic carboxylic acids is 1. The molecule has 1 aromatic heterocycles. The number of hydrogen-bond donors (Lipinski definition) is 1. The van der Waals surface area contributed by atoms with Crippen molar-refractivity contribution in [1.82, 2.24) is 4.98 Å². The van der Waals surface area contributed by atoms with E-state index < -0.39 is 16.8 Å². The van der Waals surface area contributed by atoms with Gasteiger partial charge >= 0.3 is 5.97 Å². The lowest BCUT2D eigenvalue weighted by Crippen LogP contribution is -2.00. The summed E-state index contributed by atoms with van der Waals surface area (Å²) in [5, 5.41) is 8.95. The lowest BCUT2D eigenvalue weighted by molar-refractivity contribution is 0.0697. The molecule has 2 aromatic carbocycles. The summed E-state index contributed by atoms with van der Waals surface area (Å²) >= 11 is 0. The average Bonchev–Trinajstić information content (AvgIpc) is 2.96. The molecule has 0 fully saturated rings. The van der Waals surface area contributed by atoms with Gasteiger partial charge < -0.3 is 9.52 Å². The Hall–Kier alpha value is -2.73. The number of aryl methyl sites for hydroxylation is 2. The number of carboxylic acids is 1. The normalized spacial score (nSPS) is 12.1. The van der Waals surface area contributed by atoms with Crippen LogP contribution in [0.3, 0.4) is 0 Å². The number of hydrogen-bond acceptors (Lipinski definition) is 4. The molecule has 6 heteroatoms. The molecule has 1 unspecified atom stereocenters. The Balaban J connectivity index is 1.84. The minimum Gasteiger partial charge on any atom is -0.478 e. The molecular weight excluding hydrogens is 338 g/mol. The van der Waals surface area contributed by atoms with E-state index in [4.69, 9.17) is 9.52 Å². The quantitative estimate of drug-likeness (QED) is 0.749. The van der Waals surface area contributed by atoms with E-state index in [1.807, 2.05) is 31.2 Å². The third-order valence-corrected chi connectivity index (χ3v) is 5.36. The van der Waals surface area contributed by atoms with Crippen LogP contribution >= 0.6 is 0 Å². The highest BCUT2D eigenvalue weighted by atomic mass is 32.2. The summed E-state index contributed by atoms with van der Waals surface area (Å²) in [6, 6.07) is 13.9. The van der Waals surface area contributed by atoms with Crippen molar-refractivity contribution in [2.45, 2.75) is 24.5 Å². The van der Waals surface area contributed by atoms with Crippen molar-refractivity contribution in [1.29, 1.82) is 0 Å². The Labute approximate surface area is 147 Å². The van der Waals surface area contributed by atoms with Gasteiger partial charge in [-0.25, -0.2) is 9.78 Å². The van der Waals surface area contributed by atoms with Crippen molar-refractivity contribution < 1.29 is 18.5 Å². The largest absolute Gasteiger partial charge is 0.478 e. The van der Waals surface area contributed by atoms with Crippen LogP contribution in [0.2, 0.25) is 0 Å².